The molecule has 0 radical (unpaired) electrons. The minimum absolute atomic E-state index is 0.0765. The van der Waals surface area contributed by atoms with Crippen LogP contribution >= 0.6 is 22.9 Å². The molecule has 0 bridgehead atoms. The molecule has 0 aliphatic heterocycles. The van der Waals surface area contributed by atoms with Crippen molar-refractivity contribution in [3.63, 3.8) is 0 Å². The Kier molecular flexibility index (Phi) is 6.69. The van der Waals surface area contributed by atoms with E-state index < -0.39 is 5.91 Å². The van der Waals surface area contributed by atoms with Gasteiger partial charge in [-0.05, 0) is 66.7 Å². The van der Waals surface area contributed by atoms with Crippen LogP contribution in [0.2, 0.25) is 5.02 Å². The van der Waals surface area contributed by atoms with E-state index in [0.717, 1.165) is 43.2 Å². The molecule has 2 aromatic rings. The van der Waals surface area contributed by atoms with E-state index in [1.165, 1.54) is 16.2 Å². The van der Waals surface area contributed by atoms with Gasteiger partial charge in [-0.2, -0.15) is 0 Å². The predicted octanol–water partition coefficient (Wildman–Crippen LogP) is 5.61. The molecule has 1 unspecified atom stereocenters. The van der Waals surface area contributed by atoms with Gasteiger partial charge in [0.15, 0.2) is 0 Å². The second-order valence-electron chi connectivity index (χ2n) is 8.91. The van der Waals surface area contributed by atoms with E-state index in [0.29, 0.717) is 27.9 Å². The van der Waals surface area contributed by atoms with Crippen molar-refractivity contribution < 1.29 is 9.59 Å². The first kappa shape index (κ1) is 21.8. The largest absolute Gasteiger partial charge is 0.365 e. The highest BCUT2D eigenvalue weighted by atomic mass is 35.5. The van der Waals surface area contributed by atoms with Crippen LogP contribution in [-0.2, 0) is 24.1 Å². The Labute approximate surface area is 181 Å². The fourth-order valence-electron chi connectivity index (χ4n) is 3.97. The van der Waals surface area contributed by atoms with Crippen molar-refractivity contribution in [3.05, 3.63) is 50.9 Å². The SMILES string of the molecule is CC(C)(C)C1CCc2c(sc(NC(=O)CCCc3ccc(Cl)cc3)c2C(N)=O)C1. The van der Waals surface area contributed by atoms with Gasteiger partial charge in [0.05, 0.1) is 5.56 Å². The van der Waals surface area contributed by atoms with Gasteiger partial charge in [0.1, 0.15) is 5.00 Å². The van der Waals surface area contributed by atoms with E-state index in [-0.39, 0.29) is 11.3 Å². The van der Waals surface area contributed by atoms with E-state index in [2.05, 4.69) is 26.1 Å². The number of hydrogen-bond acceptors (Lipinski definition) is 3. The van der Waals surface area contributed by atoms with Gasteiger partial charge >= 0.3 is 0 Å². The molecule has 2 amide bonds. The number of halogens is 1. The molecular formula is C23H29ClN2O2S. The third-order valence-electron chi connectivity index (χ3n) is 5.77. The summed E-state index contributed by atoms with van der Waals surface area (Å²) in [6, 6.07) is 7.67. The van der Waals surface area contributed by atoms with Crippen LogP contribution in [0.5, 0.6) is 0 Å². The molecule has 0 spiro atoms. The number of benzene rings is 1. The van der Waals surface area contributed by atoms with Gasteiger partial charge in [-0.15, -0.1) is 11.3 Å². The summed E-state index contributed by atoms with van der Waals surface area (Å²) >= 11 is 7.43. The summed E-state index contributed by atoms with van der Waals surface area (Å²) in [5, 5.41) is 4.28. The second-order valence-corrected chi connectivity index (χ2v) is 10.4. The molecule has 0 saturated heterocycles. The first-order chi connectivity index (χ1) is 13.6. The number of anilines is 1. The van der Waals surface area contributed by atoms with Crippen LogP contribution in [0.3, 0.4) is 0 Å². The maximum absolute atomic E-state index is 12.5. The number of primary amides is 1. The Balaban J connectivity index is 1.65. The highest BCUT2D eigenvalue weighted by Gasteiger charge is 2.33. The first-order valence-corrected chi connectivity index (χ1v) is 11.3. The van der Waals surface area contributed by atoms with E-state index in [9.17, 15) is 9.59 Å². The van der Waals surface area contributed by atoms with Crippen LogP contribution < -0.4 is 11.1 Å². The van der Waals surface area contributed by atoms with E-state index in [1.807, 2.05) is 24.3 Å². The summed E-state index contributed by atoms with van der Waals surface area (Å²) in [5.74, 6) is 0.0397. The number of carbonyl (C=O) groups excluding carboxylic acids is 2. The Bertz CT molecular complexity index is 897. The summed E-state index contributed by atoms with van der Waals surface area (Å²) in [5.41, 5.74) is 8.61. The number of nitrogens with two attached hydrogens (primary N) is 1. The zero-order valence-corrected chi connectivity index (χ0v) is 18.9. The van der Waals surface area contributed by atoms with Gasteiger partial charge in [0.25, 0.3) is 5.91 Å². The van der Waals surface area contributed by atoms with Crippen LogP contribution in [0.15, 0.2) is 24.3 Å². The topological polar surface area (TPSA) is 72.2 Å². The summed E-state index contributed by atoms with van der Waals surface area (Å²) in [4.78, 5) is 25.8. The molecule has 1 heterocycles. The minimum atomic E-state index is -0.451. The molecule has 1 aromatic heterocycles. The number of rotatable bonds is 6. The molecule has 0 saturated carbocycles. The predicted molar refractivity (Wildman–Crippen MR) is 121 cm³/mol. The molecule has 4 nitrogen and oxygen atoms in total. The van der Waals surface area contributed by atoms with Crippen LogP contribution in [0, 0.1) is 11.3 Å². The van der Waals surface area contributed by atoms with Gasteiger partial charge in [0.2, 0.25) is 5.91 Å². The average molecular weight is 433 g/mol. The molecule has 6 heteroatoms. The fraction of sp³-hybridized carbons (Fsp3) is 0.478. The number of carbonyl (C=O) groups is 2. The van der Waals surface area contributed by atoms with Crippen molar-refractivity contribution >= 4 is 39.8 Å². The maximum Gasteiger partial charge on any atom is 0.251 e. The number of amides is 2. The lowest BCUT2D eigenvalue weighted by molar-refractivity contribution is -0.116. The smallest absolute Gasteiger partial charge is 0.251 e. The first-order valence-electron chi connectivity index (χ1n) is 10.1. The summed E-state index contributed by atoms with van der Waals surface area (Å²) in [6.45, 7) is 6.78. The Morgan fingerprint density at radius 2 is 1.93 bits per heavy atom. The molecule has 1 aliphatic carbocycles. The fourth-order valence-corrected chi connectivity index (χ4v) is 5.44. The summed E-state index contributed by atoms with van der Waals surface area (Å²) < 4.78 is 0. The molecule has 1 atom stereocenters. The van der Waals surface area contributed by atoms with Crippen molar-refractivity contribution in [2.75, 3.05) is 5.32 Å². The molecule has 3 rings (SSSR count). The standard InChI is InChI=1S/C23H29ClN2O2S/c1-23(2,3)15-9-12-17-18(13-15)29-22(20(17)21(25)28)26-19(27)6-4-5-14-7-10-16(24)11-8-14/h7-8,10-11,15H,4-6,9,12-13H2,1-3H3,(H2,25,28)(H,26,27). The van der Waals surface area contributed by atoms with Crippen molar-refractivity contribution in [2.45, 2.75) is 59.3 Å². The number of hydrogen-bond donors (Lipinski definition) is 2. The van der Waals surface area contributed by atoms with Crippen LogP contribution in [-0.4, -0.2) is 11.8 Å². The highest BCUT2D eigenvalue weighted by Crippen LogP contribution is 2.44. The molecule has 1 aromatic carbocycles. The van der Waals surface area contributed by atoms with Crippen molar-refractivity contribution in [3.8, 4) is 0 Å². The molecular weight excluding hydrogens is 404 g/mol. The van der Waals surface area contributed by atoms with Gasteiger partial charge in [-0.1, -0.05) is 44.5 Å². The Morgan fingerprint density at radius 1 is 1.24 bits per heavy atom. The molecule has 0 fully saturated rings. The van der Waals surface area contributed by atoms with Crippen molar-refractivity contribution in [2.24, 2.45) is 17.1 Å². The van der Waals surface area contributed by atoms with E-state index >= 15 is 0 Å². The summed E-state index contributed by atoms with van der Waals surface area (Å²) in [6.07, 6.45) is 4.77. The number of fused-ring (bicyclic) bond motifs is 1. The molecule has 1 aliphatic rings. The van der Waals surface area contributed by atoms with Crippen LogP contribution in [0.25, 0.3) is 0 Å². The van der Waals surface area contributed by atoms with Gasteiger partial charge in [0, 0.05) is 16.3 Å². The quantitative estimate of drug-likeness (QED) is 0.622. The molecule has 29 heavy (non-hydrogen) atoms. The molecule has 3 N–H and O–H groups in total. The van der Waals surface area contributed by atoms with Crippen LogP contribution in [0.4, 0.5) is 5.00 Å². The Hall–Kier alpha value is -1.85. The second kappa shape index (κ2) is 8.88. The maximum atomic E-state index is 12.5. The zero-order chi connectivity index (χ0) is 21.2. The number of aryl methyl sites for hydroxylation is 1. The van der Waals surface area contributed by atoms with Crippen LogP contribution in [0.1, 0.15) is 66.4 Å². The third kappa shape index (κ3) is 5.40. The highest BCUT2D eigenvalue weighted by molar-refractivity contribution is 7.17. The number of nitrogens with one attached hydrogen (secondary N) is 1. The van der Waals surface area contributed by atoms with Crippen molar-refractivity contribution in [1.82, 2.24) is 0 Å². The lowest BCUT2D eigenvalue weighted by Crippen LogP contribution is -2.27. The van der Waals surface area contributed by atoms with Gasteiger partial charge in [-0.25, -0.2) is 0 Å². The average Bonchev–Trinajstić information content (AvgIpc) is 2.99. The number of thiophene rings is 1. The monoisotopic (exact) mass is 432 g/mol. The van der Waals surface area contributed by atoms with E-state index in [4.69, 9.17) is 17.3 Å². The zero-order valence-electron chi connectivity index (χ0n) is 17.3. The van der Waals surface area contributed by atoms with Gasteiger partial charge < -0.3 is 11.1 Å². The lowest BCUT2D eigenvalue weighted by Gasteiger charge is -2.33. The summed E-state index contributed by atoms with van der Waals surface area (Å²) in [7, 11) is 0. The van der Waals surface area contributed by atoms with Crippen molar-refractivity contribution in [1.29, 1.82) is 0 Å². The lowest BCUT2D eigenvalue weighted by atomic mass is 9.72. The normalized spacial score (nSPS) is 16.3. The van der Waals surface area contributed by atoms with Gasteiger partial charge in [-0.3, -0.25) is 9.59 Å². The minimum Gasteiger partial charge on any atom is -0.365 e. The van der Waals surface area contributed by atoms with E-state index in [1.54, 1.807) is 0 Å². The molecule has 156 valence electrons. The third-order valence-corrected chi connectivity index (χ3v) is 7.19. The Morgan fingerprint density at radius 3 is 2.55 bits per heavy atom.